The fourth-order valence-corrected chi connectivity index (χ4v) is 4.29. The van der Waals surface area contributed by atoms with Crippen LogP contribution in [0.1, 0.15) is 16.9 Å². The van der Waals surface area contributed by atoms with E-state index in [0.29, 0.717) is 17.1 Å². The van der Waals surface area contributed by atoms with Crippen LogP contribution in [0.4, 0.5) is 10.5 Å². The molecule has 0 saturated carbocycles. The first kappa shape index (κ1) is 21.3. The molecule has 0 radical (unpaired) electrons. The number of carbonyl (C=O) groups excluding carboxylic acids is 2. The van der Waals surface area contributed by atoms with Gasteiger partial charge in [-0.1, -0.05) is 18.2 Å². The van der Waals surface area contributed by atoms with Crippen LogP contribution in [0.5, 0.6) is 0 Å². The summed E-state index contributed by atoms with van der Waals surface area (Å²) >= 11 is 3.03. The highest BCUT2D eigenvalue weighted by atomic mass is 127. The minimum Gasteiger partial charge on any atom is -0.456 e. The zero-order valence-corrected chi connectivity index (χ0v) is 19.2. The predicted octanol–water partition coefficient (Wildman–Crippen LogP) is 6.00. The van der Waals surface area contributed by atoms with Crippen LogP contribution in [0.15, 0.2) is 63.9 Å². The molecule has 2 heterocycles. The van der Waals surface area contributed by atoms with E-state index in [0.717, 1.165) is 26.5 Å². The second-order valence-corrected chi connectivity index (χ2v) is 9.11. The lowest BCUT2D eigenvalue weighted by atomic mass is 10.1. The number of hydrogen-bond acceptors (Lipinski definition) is 6. The van der Waals surface area contributed by atoms with E-state index in [1.54, 1.807) is 31.2 Å². The van der Waals surface area contributed by atoms with Crippen molar-refractivity contribution in [1.82, 2.24) is 4.90 Å². The maximum Gasteiger partial charge on any atom is 0.293 e. The Bertz CT molecular complexity index is 1230. The van der Waals surface area contributed by atoms with Crippen LogP contribution in [0.25, 0.3) is 17.4 Å². The SMILES string of the molecule is Cc1ccc(-c2ccc(/C=C3/SC(=O)N(Cc4ccc(I)cc4)C3=O)o2)c([N+](=O)[O-])c1. The molecule has 1 aliphatic rings. The molecule has 0 aliphatic carbocycles. The highest BCUT2D eigenvalue weighted by molar-refractivity contribution is 14.1. The summed E-state index contributed by atoms with van der Waals surface area (Å²) in [6.07, 6.45) is 1.49. The van der Waals surface area contributed by atoms with Gasteiger partial charge in [0, 0.05) is 15.7 Å². The van der Waals surface area contributed by atoms with Crippen molar-refractivity contribution < 1.29 is 18.9 Å². The van der Waals surface area contributed by atoms with Gasteiger partial charge in [-0.15, -0.1) is 0 Å². The summed E-state index contributed by atoms with van der Waals surface area (Å²) in [5.74, 6) is 0.258. The first-order chi connectivity index (χ1) is 14.8. The van der Waals surface area contributed by atoms with Crippen molar-refractivity contribution in [2.45, 2.75) is 13.5 Å². The molecule has 1 fully saturated rings. The lowest BCUT2D eigenvalue weighted by molar-refractivity contribution is -0.384. The Kier molecular flexibility index (Phi) is 5.96. The molecule has 1 saturated heterocycles. The van der Waals surface area contributed by atoms with E-state index in [-0.39, 0.29) is 22.4 Å². The first-order valence-corrected chi connectivity index (χ1v) is 11.1. The van der Waals surface area contributed by atoms with Crippen LogP contribution in [-0.4, -0.2) is 21.0 Å². The Morgan fingerprint density at radius 1 is 1.13 bits per heavy atom. The smallest absolute Gasteiger partial charge is 0.293 e. The number of nitro benzene ring substituents is 1. The molecule has 0 spiro atoms. The van der Waals surface area contributed by atoms with Crippen molar-refractivity contribution in [3.05, 3.63) is 90.1 Å². The summed E-state index contributed by atoms with van der Waals surface area (Å²) in [6, 6.07) is 15.7. The van der Waals surface area contributed by atoms with Crippen molar-refractivity contribution in [2.75, 3.05) is 0 Å². The number of halogens is 1. The minimum absolute atomic E-state index is 0.0567. The highest BCUT2D eigenvalue weighted by Crippen LogP contribution is 2.36. The van der Waals surface area contributed by atoms with Crippen LogP contribution in [0.2, 0.25) is 0 Å². The average molecular weight is 546 g/mol. The highest BCUT2D eigenvalue weighted by Gasteiger charge is 2.35. The molecule has 3 aromatic rings. The van der Waals surface area contributed by atoms with Crippen molar-refractivity contribution >= 4 is 57.3 Å². The van der Waals surface area contributed by atoms with Gasteiger partial charge in [0.1, 0.15) is 11.5 Å². The molecular weight excluding hydrogens is 531 g/mol. The van der Waals surface area contributed by atoms with E-state index < -0.39 is 10.8 Å². The van der Waals surface area contributed by atoms with Crippen LogP contribution >= 0.6 is 34.4 Å². The number of rotatable bonds is 5. The van der Waals surface area contributed by atoms with Crippen molar-refractivity contribution in [2.24, 2.45) is 0 Å². The number of nitrogens with zero attached hydrogens (tertiary/aromatic N) is 2. The quantitative estimate of drug-likeness (QED) is 0.169. The topological polar surface area (TPSA) is 93.7 Å². The van der Waals surface area contributed by atoms with Gasteiger partial charge in [0.2, 0.25) is 0 Å². The fourth-order valence-electron chi connectivity index (χ4n) is 3.11. The van der Waals surface area contributed by atoms with E-state index in [9.17, 15) is 19.7 Å². The third-order valence-electron chi connectivity index (χ3n) is 4.64. The van der Waals surface area contributed by atoms with Crippen LogP contribution in [0, 0.1) is 20.6 Å². The van der Waals surface area contributed by atoms with Crippen LogP contribution < -0.4 is 0 Å². The molecule has 9 heteroatoms. The zero-order chi connectivity index (χ0) is 22.1. The van der Waals surface area contributed by atoms with Gasteiger partial charge < -0.3 is 4.42 Å². The summed E-state index contributed by atoms with van der Waals surface area (Å²) in [4.78, 5) is 37.4. The van der Waals surface area contributed by atoms with Gasteiger partial charge in [-0.3, -0.25) is 24.6 Å². The number of carbonyl (C=O) groups is 2. The number of amides is 2. The lowest BCUT2D eigenvalue weighted by Crippen LogP contribution is -2.27. The van der Waals surface area contributed by atoms with Crippen molar-refractivity contribution in [3.63, 3.8) is 0 Å². The third-order valence-corrected chi connectivity index (χ3v) is 6.27. The molecule has 1 aliphatic heterocycles. The van der Waals surface area contributed by atoms with Crippen LogP contribution in [-0.2, 0) is 11.3 Å². The fraction of sp³-hybridized carbons (Fsp3) is 0.0909. The monoisotopic (exact) mass is 546 g/mol. The lowest BCUT2D eigenvalue weighted by Gasteiger charge is -2.12. The zero-order valence-electron chi connectivity index (χ0n) is 16.2. The Morgan fingerprint density at radius 2 is 1.87 bits per heavy atom. The van der Waals surface area contributed by atoms with Gasteiger partial charge in [0.15, 0.2) is 0 Å². The number of furan rings is 1. The van der Waals surface area contributed by atoms with Gasteiger partial charge in [-0.05, 0) is 82.7 Å². The number of nitro groups is 1. The average Bonchev–Trinajstić information content (AvgIpc) is 3.29. The molecular formula is C22H15IN2O5S. The molecule has 1 aromatic heterocycles. The molecule has 0 atom stereocenters. The molecule has 2 aromatic carbocycles. The second kappa shape index (κ2) is 8.67. The molecule has 2 amide bonds. The molecule has 0 unspecified atom stereocenters. The molecule has 0 N–H and O–H groups in total. The maximum absolute atomic E-state index is 12.7. The van der Waals surface area contributed by atoms with E-state index in [1.165, 1.54) is 17.0 Å². The normalized spacial score (nSPS) is 15.2. The number of aryl methyl sites for hydroxylation is 1. The van der Waals surface area contributed by atoms with Crippen molar-refractivity contribution in [3.8, 4) is 11.3 Å². The maximum atomic E-state index is 12.7. The number of benzene rings is 2. The summed E-state index contributed by atoms with van der Waals surface area (Å²) in [7, 11) is 0. The van der Waals surface area contributed by atoms with E-state index in [2.05, 4.69) is 22.6 Å². The number of hydrogen-bond donors (Lipinski definition) is 0. The number of thioether (sulfide) groups is 1. The molecule has 0 bridgehead atoms. The molecule has 4 rings (SSSR count). The number of imide groups is 1. The molecule has 7 nitrogen and oxygen atoms in total. The Labute approximate surface area is 195 Å². The summed E-state index contributed by atoms with van der Waals surface area (Å²) in [5.41, 5.74) is 1.92. The van der Waals surface area contributed by atoms with Crippen molar-refractivity contribution in [1.29, 1.82) is 0 Å². The predicted molar refractivity (Wildman–Crippen MR) is 126 cm³/mol. The third kappa shape index (κ3) is 4.57. The van der Waals surface area contributed by atoms with Gasteiger partial charge in [0.05, 0.1) is 21.9 Å². The van der Waals surface area contributed by atoms with E-state index in [1.807, 2.05) is 24.3 Å². The Balaban J connectivity index is 1.57. The van der Waals surface area contributed by atoms with E-state index in [4.69, 9.17) is 4.42 Å². The summed E-state index contributed by atoms with van der Waals surface area (Å²) in [5, 5.41) is 11.0. The Hall–Kier alpha value is -2.92. The van der Waals surface area contributed by atoms with Gasteiger partial charge >= 0.3 is 0 Å². The van der Waals surface area contributed by atoms with E-state index >= 15 is 0 Å². The molecule has 156 valence electrons. The first-order valence-electron chi connectivity index (χ1n) is 9.17. The summed E-state index contributed by atoms with van der Waals surface area (Å²) in [6.45, 7) is 1.97. The molecule has 31 heavy (non-hydrogen) atoms. The largest absolute Gasteiger partial charge is 0.456 e. The van der Waals surface area contributed by atoms with Gasteiger partial charge in [-0.25, -0.2) is 0 Å². The van der Waals surface area contributed by atoms with Gasteiger partial charge in [0.25, 0.3) is 16.8 Å². The minimum atomic E-state index is -0.458. The van der Waals surface area contributed by atoms with Gasteiger partial charge in [-0.2, -0.15) is 0 Å². The Morgan fingerprint density at radius 3 is 2.58 bits per heavy atom. The summed E-state index contributed by atoms with van der Waals surface area (Å²) < 4.78 is 6.80. The second-order valence-electron chi connectivity index (χ2n) is 6.87. The standard InChI is InChI=1S/C22H15IN2O5S/c1-13-2-8-17(18(10-13)25(28)29)19-9-7-16(30-19)11-20-21(26)24(22(27)31-20)12-14-3-5-15(23)6-4-14/h2-11H,12H2,1H3/b20-11+. The van der Waals surface area contributed by atoms with Crippen LogP contribution in [0.3, 0.4) is 0 Å².